The second-order valence-electron chi connectivity index (χ2n) is 2.14. The summed E-state index contributed by atoms with van der Waals surface area (Å²) < 4.78 is 12.1. The number of hydrogen-bond acceptors (Lipinski definition) is 1. The number of halogens is 1. The highest BCUT2D eigenvalue weighted by Gasteiger charge is 1.99. The Kier molecular flexibility index (Phi) is 25.4. The molecule has 0 N–H and O–H groups in total. The molecule has 1 atom stereocenters. The predicted octanol–water partition coefficient (Wildman–Crippen LogP) is 3.35. The van der Waals surface area contributed by atoms with Crippen LogP contribution < -0.4 is 0 Å². The fourth-order valence-electron chi connectivity index (χ4n) is 0.559. The van der Waals surface area contributed by atoms with E-state index in [0.29, 0.717) is 6.54 Å². The van der Waals surface area contributed by atoms with E-state index in [2.05, 4.69) is 0 Å². The van der Waals surface area contributed by atoms with Gasteiger partial charge in [-0.2, -0.15) is 0 Å². The molecule has 0 saturated carbocycles. The van der Waals surface area contributed by atoms with Gasteiger partial charge >= 0.3 is 0 Å². The molecule has 0 aliphatic rings. The first kappa shape index (κ1) is 17.8. The molecule has 0 saturated heterocycles. The van der Waals surface area contributed by atoms with E-state index >= 15 is 0 Å². The molecule has 2 heteroatoms. The summed E-state index contributed by atoms with van der Waals surface area (Å²) in [5.74, 6) is 0. The highest BCUT2D eigenvalue weighted by molar-refractivity contribution is 4.52. The molecule has 78 valence electrons. The normalized spacial score (nSPS) is 10.8. The molecule has 0 aliphatic carbocycles. The molecule has 0 aromatic rings. The summed E-state index contributed by atoms with van der Waals surface area (Å²) in [5.41, 5.74) is 0. The minimum absolute atomic E-state index is 0.552. The number of hydrogen-bond donors (Lipinski definition) is 0. The Balaban J connectivity index is -0.000000175. The van der Waals surface area contributed by atoms with E-state index in [1.165, 1.54) is 0 Å². The van der Waals surface area contributed by atoms with Gasteiger partial charge in [0, 0.05) is 6.54 Å². The fourth-order valence-corrected chi connectivity index (χ4v) is 0.559. The smallest absolute Gasteiger partial charge is 0.110 e. The van der Waals surface area contributed by atoms with E-state index in [1.807, 2.05) is 46.6 Å². The topological polar surface area (TPSA) is 3.24 Å². The molecule has 0 aliphatic heterocycles. The predicted molar refractivity (Wildman–Crippen MR) is 56.4 cm³/mol. The van der Waals surface area contributed by atoms with Crippen molar-refractivity contribution < 1.29 is 4.39 Å². The van der Waals surface area contributed by atoms with Crippen LogP contribution in [-0.2, 0) is 0 Å². The largest absolute Gasteiger partial charge is 0.304 e. The van der Waals surface area contributed by atoms with E-state index < -0.39 is 6.17 Å². The lowest BCUT2D eigenvalue weighted by molar-refractivity contribution is 0.242. The Bertz CT molecular complexity index is 55.8. The van der Waals surface area contributed by atoms with Crippen LogP contribution in [0.4, 0.5) is 4.39 Å². The van der Waals surface area contributed by atoms with Gasteiger partial charge in [0.25, 0.3) is 0 Å². The number of alkyl halides is 1. The molecule has 0 radical (unpaired) electrons. The van der Waals surface area contributed by atoms with Gasteiger partial charge in [-0.15, -0.1) is 0 Å². The van der Waals surface area contributed by atoms with E-state index in [1.54, 1.807) is 6.92 Å². The Morgan fingerprint density at radius 2 is 1.50 bits per heavy atom. The Hall–Kier alpha value is -0.110. The van der Waals surface area contributed by atoms with Crippen molar-refractivity contribution in [3.8, 4) is 0 Å². The molecule has 0 amide bonds. The van der Waals surface area contributed by atoms with Crippen molar-refractivity contribution in [1.82, 2.24) is 4.90 Å². The average molecular weight is 179 g/mol. The summed E-state index contributed by atoms with van der Waals surface area (Å²) in [6, 6.07) is 0. The Morgan fingerprint density at radius 1 is 1.17 bits per heavy atom. The average Bonchev–Trinajstić information content (AvgIpc) is 2.10. The quantitative estimate of drug-likeness (QED) is 0.642. The van der Waals surface area contributed by atoms with Crippen LogP contribution in [-0.4, -0.2) is 31.2 Å². The lowest BCUT2D eigenvalue weighted by atomic mass is 10.4. The number of rotatable bonds is 3. The van der Waals surface area contributed by atoms with Gasteiger partial charge in [0.05, 0.1) is 0 Å². The maximum atomic E-state index is 12.1. The molecule has 1 nitrogen and oxygen atoms in total. The van der Waals surface area contributed by atoms with Gasteiger partial charge in [-0.3, -0.25) is 0 Å². The van der Waals surface area contributed by atoms with E-state index in [9.17, 15) is 4.39 Å². The van der Waals surface area contributed by atoms with Crippen molar-refractivity contribution in [2.75, 3.05) is 20.1 Å². The van der Waals surface area contributed by atoms with E-state index in [-0.39, 0.29) is 0 Å². The summed E-state index contributed by atoms with van der Waals surface area (Å²) in [6.07, 6.45) is -0.694. The molecular weight excluding hydrogens is 153 g/mol. The standard InChI is InChI=1S/C6H14FN.2C2H6/c1-4-8(3)5-6(2)7;2*1-2/h6H,4-5H2,1-3H3;2*1-2H3. The lowest BCUT2D eigenvalue weighted by Crippen LogP contribution is -2.24. The SMILES string of the molecule is CC.CC.CCN(C)CC(C)F. The van der Waals surface area contributed by atoms with Crippen molar-refractivity contribution in [1.29, 1.82) is 0 Å². The highest BCUT2D eigenvalue weighted by Crippen LogP contribution is 1.90. The van der Waals surface area contributed by atoms with Crippen molar-refractivity contribution in [2.24, 2.45) is 0 Å². The summed E-state index contributed by atoms with van der Waals surface area (Å²) in [7, 11) is 1.91. The van der Waals surface area contributed by atoms with Crippen LogP contribution in [0.2, 0.25) is 0 Å². The van der Waals surface area contributed by atoms with Crippen LogP contribution >= 0.6 is 0 Å². The van der Waals surface area contributed by atoms with Gasteiger partial charge in [0.1, 0.15) is 6.17 Å². The van der Waals surface area contributed by atoms with Crippen LogP contribution in [0.25, 0.3) is 0 Å². The fraction of sp³-hybridized carbons (Fsp3) is 1.00. The monoisotopic (exact) mass is 179 g/mol. The summed E-state index contributed by atoms with van der Waals surface area (Å²) in [4.78, 5) is 1.95. The molecule has 0 aromatic heterocycles. The van der Waals surface area contributed by atoms with Crippen LogP contribution in [0, 0.1) is 0 Å². The molecule has 12 heavy (non-hydrogen) atoms. The third-order valence-corrected chi connectivity index (χ3v) is 1.10. The molecule has 0 bridgehead atoms. The van der Waals surface area contributed by atoms with Crippen LogP contribution in [0.15, 0.2) is 0 Å². The first-order chi connectivity index (χ1) is 5.66. The first-order valence-electron chi connectivity index (χ1n) is 4.99. The third kappa shape index (κ3) is 22.5. The van der Waals surface area contributed by atoms with Crippen molar-refractivity contribution >= 4 is 0 Å². The Labute approximate surface area is 78.0 Å². The molecule has 0 heterocycles. The molecule has 1 unspecified atom stereocenters. The lowest BCUT2D eigenvalue weighted by Gasteiger charge is -2.13. The minimum atomic E-state index is -0.694. The molecule has 0 fully saturated rings. The minimum Gasteiger partial charge on any atom is -0.304 e. The summed E-state index contributed by atoms with van der Waals surface area (Å²) >= 11 is 0. The van der Waals surface area contributed by atoms with Gasteiger partial charge in [0.15, 0.2) is 0 Å². The van der Waals surface area contributed by atoms with Crippen LogP contribution in [0.1, 0.15) is 41.5 Å². The summed E-state index contributed by atoms with van der Waals surface area (Å²) in [5, 5.41) is 0. The van der Waals surface area contributed by atoms with Crippen molar-refractivity contribution in [2.45, 2.75) is 47.7 Å². The van der Waals surface area contributed by atoms with Gasteiger partial charge in [-0.25, -0.2) is 4.39 Å². The Morgan fingerprint density at radius 3 is 1.58 bits per heavy atom. The van der Waals surface area contributed by atoms with Gasteiger partial charge in [0.2, 0.25) is 0 Å². The zero-order chi connectivity index (χ0) is 10.6. The van der Waals surface area contributed by atoms with Crippen LogP contribution in [0.5, 0.6) is 0 Å². The zero-order valence-electron chi connectivity index (χ0n) is 9.82. The molecule has 0 rings (SSSR count). The first-order valence-corrected chi connectivity index (χ1v) is 4.99. The van der Waals surface area contributed by atoms with E-state index in [0.717, 1.165) is 6.54 Å². The highest BCUT2D eigenvalue weighted by atomic mass is 19.1. The van der Waals surface area contributed by atoms with E-state index in [4.69, 9.17) is 0 Å². The molecule has 0 aromatic carbocycles. The second kappa shape index (κ2) is 17.1. The van der Waals surface area contributed by atoms with Crippen molar-refractivity contribution in [3.63, 3.8) is 0 Å². The maximum Gasteiger partial charge on any atom is 0.110 e. The maximum absolute atomic E-state index is 12.1. The van der Waals surface area contributed by atoms with Gasteiger partial charge in [-0.05, 0) is 20.5 Å². The van der Waals surface area contributed by atoms with Gasteiger partial charge in [-0.1, -0.05) is 34.6 Å². The third-order valence-electron chi connectivity index (χ3n) is 1.10. The molecule has 0 spiro atoms. The van der Waals surface area contributed by atoms with Crippen LogP contribution in [0.3, 0.4) is 0 Å². The zero-order valence-corrected chi connectivity index (χ0v) is 9.82. The second-order valence-corrected chi connectivity index (χ2v) is 2.14. The van der Waals surface area contributed by atoms with Crippen molar-refractivity contribution in [3.05, 3.63) is 0 Å². The van der Waals surface area contributed by atoms with Gasteiger partial charge < -0.3 is 4.90 Å². The number of nitrogens with zero attached hydrogens (tertiary/aromatic N) is 1. The summed E-state index contributed by atoms with van der Waals surface area (Å²) in [6.45, 7) is 13.1. The molecular formula is C10H26FN.